The molecule has 1 saturated carbocycles. The lowest BCUT2D eigenvalue weighted by Crippen LogP contribution is -2.40. The molecule has 2 fully saturated rings. The number of methoxy groups -OCH3 is 1. The molecule has 1 aromatic carbocycles. The highest BCUT2D eigenvalue weighted by Gasteiger charge is 2.59. The second-order valence-electron chi connectivity index (χ2n) is 7.80. The number of carbonyl (C=O) groups excluding carboxylic acids is 2. The van der Waals surface area contributed by atoms with Crippen molar-refractivity contribution in [3.05, 3.63) is 29.3 Å². The summed E-state index contributed by atoms with van der Waals surface area (Å²) in [4.78, 5) is 26.2. The Morgan fingerprint density at radius 3 is 2.76 bits per heavy atom. The molecule has 1 saturated heterocycles. The van der Waals surface area contributed by atoms with E-state index in [-0.39, 0.29) is 23.2 Å². The third-order valence-corrected chi connectivity index (χ3v) is 6.28. The minimum absolute atomic E-state index is 0.0502. The fraction of sp³-hybridized carbons (Fsp3) is 0.600. The van der Waals surface area contributed by atoms with Gasteiger partial charge in [-0.15, -0.1) is 0 Å². The summed E-state index contributed by atoms with van der Waals surface area (Å²) in [5.74, 6) is 0.0666. The fourth-order valence-electron chi connectivity index (χ4n) is 4.59. The summed E-state index contributed by atoms with van der Waals surface area (Å²) in [5.41, 5.74) is 3.86. The van der Waals surface area contributed by atoms with Crippen molar-refractivity contribution in [1.29, 1.82) is 0 Å². The number of nitrogens with zero attached hydrogens (tertiary/aromatic N) is 1. The Morgan fingerprint density at radius 1 is 1.24 bits per heavy atom. The Bertz CT molecular complexity index is 692. The van der Waals surface area contributed by atoms with Crippen LogP contribution in [0, 0.1) is 11.3 Å². The first-order chi connectivity index (χ1) is 12.1. The zero-order chi connectivity index (χ0) is 17.4. The highest BCUT2D eigenvalue weighted by molar-refractivity contribution is 5.92. The number of piperidine rings is 1. The number of carbonyl (C=O) groups is 2. The number of hydrogen-bond acceptors (Lipinski definition) is 4. The standard InChI is InChI=1S/C20H26N2O3/c1-25-19(24)17-12-20(17)7-9-22(10-8-20)13-18(23)21-16-6-5-14-3-2-4-15(14)11-16/h5-6,11,17H,2-4,7-10,12-13H2,1H3,(H,21,23). The molecule has 134 valence electrons. The first-order valence-corrected chi connectivity index (χ1v) is 9.31. The van der Waals surface area contributed by atoms with Crippen LogP contribution in [-0.2, 0) is 27.2 Å². The lowest BCUT2D eigenvalue weighted by atomic mass is 9.91. The smallest absolute Gasteiger partial charge is 0.309 e. The number of aryl methyl sites for hydroxylation is 2. The number of fused-ring (bicyclic) bond motifs is 1. The molecule has 1 unspecified atom stereocenters. The number of esters is 1. The lowest BCUT2D eigenvalue weighted by molar-refractivity contribution is -0.143. The average Bonchev–Trinajstić information content (AvgIpc) is 3.10. The van der Waals surface area contributed by atoms with E-state index >= 15 is 0 Å². The van der Waals surface area contributed by atoms with Crippen LogP contribution in [0.4, 0.5) is 5.69 Å². The Hall–Kier alpha value is -1.88. The van der Waals surface area contributed by atoms with Crippen LogP contribution in [0.5, 0.6) is 0 Å². The van der Waals surface area contributed by atoms with E-state index in [0.29, 0.717) is 6.54 Å². The molecule has 25 heavy (non-hydrogen) atoms. The van der Waals surface area contributed by atoms with E-state index in [0.717, 1.165) is 50.9 Å². The maximum absolute atomic E-state index is 12.3. The summed E-state index contributed by atoms with van der Waals surface area (Å²) < 4.78 is 4.87. The summed E-state index contributed by atoms with van der Waals surface area (Å²) in [5, 5.41) is 3.04. The summed E-state index contributed by atoms with van der Waals surface area (Å²) >= 11 is 0. The fourth-order valence-corrected chi connectivity index (χ4v) is 4.59. The zero-order valence-corrected chi connectivity index (χ0v) is 14.8. The Kier molecular flexibility index (Phi) is 4.28. The van der Waals surface area contributed by atoms with Gasteiger partial charge in [-0.25, -0.2) is 0 Å². The molecule has 3 aliphatic rings. The second kappa shape index (κ2) is 6.45. The number of ether oxygens (including phenoxy) is 1. The lowest BCUT2D eigenvalue weighted by Gasteiger charge is -2.32. The van der Waals surface area contributed by atoms with E-state index in [4.69, 9.17) is 4.74 Å². The molecule has 4 rings (SSSR count). The van der Waals surface area contributed by atoms with Gasteiger partial charge >= 0.3 is 5.97 Å². The number of rotatable bonds is 4. The molecule has 1 atom stereocenters. The van der Waals surface area contributed by atoms with Crippen LogP contribution < -0.4 is 5.32 Å². The molecule has 1 aromatic rings. The van der Waals surface area contributed by atoms with Crippen LogP contribution in [0.25, 0.3) is 0 Å². The highest BCUT2D eigenvalue weighted by atomic mass is 16.5. The van der Waals surface area contributed by atoms with Gasteiger partial charge in [0, 0.05) is 5.69 Å². The molecule has 1 amide bonds. The van der Waals surface area contributed by atoms with Crippen LogP contribution in [0.2, 0.25) is 0 Å². The number of hydrogen-bond donors (Lipinski definition) is 1. The Morgan fingerprint density at radius 2 is 2.00 bits per heavy atom. The van der Waals surface area contributed by atoms with Crippen molar-refractivity contribution in [2.45, 2.75) is 38.5 Å². The van der Waals surface area contributed by atoms with E-state index in [1.807, 2.05) is 6.07 Å². The van der Waals surface area contributed by atoms with Gasteiger partial charge in [-0.05, 0) is 80.3 Å². The molecular weight excluding hydrogens is 316 g/mol. The molecule has 0 aromatic heterocycles. The zero-order valence-electron chi connectivity index (χ0n) is 14.8. The minimum Gasteiger partial charge on any atom is -0.469 e. The van der Waals surface area contributed by atoms with Crippen molar-refractivity contribution >= 4 is 17.6 Å². The summed E-state index contributed by atoms with van der Waals surface area (Å²) in [6, 6.07) is 6.28. The molecule has 5 nitrogen and oxygen atoms in total. The van der Waals surface area contributed by atoms with Gasteiger partial charge in [0.15, 0.2) is 0 Å². The number of benzene rings is 1. The maximum Gasteiger partial charge on any atom is 0.309 e. The van der Waals surface area contributed by atoms with Crippen molar-refractivity contribution in [1.82, 2.24) is 4.90 Å². The van der Waals surface area contributed by atoms with Gasteiger partial charge in [0.25, 0.3) is 0 Å². The molecule has 1 N–H and O–H groups in total. The van der Waals surface area contributed by atoms with Crippen molar-refractivity contribution < 1.29 is 14.3 Å². The van der Waals surface area contributed by atoms with Gasteiger partial charge in [-0.2, -0.15) is 0 Å². The van der Waals surface area contributed by atoms with Gasteiger partial charge in [-0.1, -0.05) is 6.07 Å². The topological polar surface area (TPSA) is 58.6 Å². The predicted molar refractivity (Wildman–Crippen MR) is 95.3 cm³/mol. The molecule has 0 bridgehead atoms. The largest absolute Gasteiger partial charge is 0.469 e. The van der Waals surface area contributed by atoms with E-state index < -0.39 is 0 Å². The SMILES string of the molecule is COC(=O)C1CC12CCN(CC(=O)Nc1ccc3c(c1)CCC3)CC2. The van der Waals surface area contributed by atoms with Crippen molar-refractivity contribution in [2.24, 2.45) is 11.3 Å². The molecule has 1 spiro atoms. The predicted octanol–water partition coefficient (Wildman–Crippen LogP) is 2.39. The van der Waals surface area contributed by atoms with Gasteiger partial charge in [0.1, 0.15) is 0 Å². The average molecular weight is 342 g/mol. The highest BCUT2D eigenvalue weighted by Crippen LogP contribution is 2.59. The molecule has 2 aliphatic carbocycles. The van der Waals surface area contributed by atoms with Gasteiger partial charge in [0.05, 0.1) is 19.6 Å². The summed E-state index contributed by atoms with van der Waals surface area (Å²) in [7, 11) is 1.47. The van der Waals surface area contributed by atoms with Gasteiger partial charge < -0.3 is 10.1 Å². The first kappa shape index (κ1) is 16.6. The molecule has 1 aliphatic heterocycles. The Labute approximate surface area is 148 Å². The number of amides is 1. The van der Waals surface area contributed by atoms with Gasteiger partial charge in [0.2, 0.25) is 5.91 Å². The maximum atomic E-state index is 12.3. The molecule has 5 heteroatoms. The van der Waals surface area contributed by atoms with Crippen molar-refractivity contribution in [2.75, 3.05) is 32.1 Å². The Balaban J connectivity index is 1.26. The van der Waals surface area contributed by atoms with Gasteiger partial charge in [-0.3, -0.25) is 14.5 Å². The quantitative estimate of drug-likeness (QED) is 0.854. The van der Waals surface area contributed by atoms with E-state index in [1.54, 1.807) is 0 Å². The van der Waals surface area contributed by atoms with E-state index in [1.165, 1.54) is 24.7 Å². The second-order valence-corrected chi connectivity index (χ2v) is 7.80. The molecular formula is C20H26N2O3. The van der Waals surface area contributed by atoms with Crippen LogP contribution >= 0.6 is 0 Å². The third-order valence-electron chi connectivity index (χ3n) is 6.28. The number of anilines is 1. The van der Waals surface area contributed by atoms with Crippen LogP contribution in [0.3, 0.4) is 0 Å². The van der Waals surface area contributed by atoms with E-state index in [9.17, 15) is 9.59 Å². The summed E-state index contributed by atoms with van der Waals surface area (Å²) in [6.45, 7) is 2.19. The summed E-state index contributed by atoms with van der Waals surface area (Å²) in [6.07, 6.45) is 6.42. The number of likely N-dealkylation sites (tertiary alicyclic amines) is 1. The molecule has 0 radical (unpaired) electrons. The minimum atomic E-state index is -0.0668. The normalized spacial score (nSPS) is 24.0. The third kappa shape index (κ3) is 3.30. The molecule has 1 heterocycles. The van der Waals surface area contributed by atoms with Crippen LogP contribution in [0.1, 0.15) is 36.8 Å². The van der Waals surface area contributed by atoms with Crippen molar-refractivity contribution in [3.63, 3.8) is 0 Å². The van der Waals surface area contributed by atoms with Crippen molar-refractivity contribution in [3.8, 4) is 0 Å². The first-order valence-electron chi connectivity index (χ1n) is 9.31. The van der Waals surface area contributed by atoms with Crippen LogP contribution in [-0.4, -0.2) is 43.5 Å². The van der Waals surface area contributed by atoms with Crippen LogP contribution in [0.15, 0.2) is 18.2 Å². The number of nitrogens with one attached hydrogen (secondary N) is 1. The van der Waals surface area contributed by atoms with E-state index in [2.05, 4.69) is 22.3 Å². The monoisotopic (exact) mass is 342 g/mol.